The van der Waals surface area contributed by atoms with E-state index in [4.69, 9.17) is 4.74 Å². The fourth-order valence-corrected chi connectivity index (χ4v) is 3.20. The van der Waals surface area contributed by atoms with E-state index in [9.17, 15) is 32.7 Å². The number of amides is 1. The predicted octanol–water partition coefficient (Wildman–Crippen LogP) is 3.66. The van der Waals surface area contributed by atoms with Crippen LogP contribution in [0.5, 0.6) is 0 Å². The van der Waals surface area contributed by atoms with Crippen molar-refractivity contribution in [2.75, 3.05) is 13.2 Å². The summed E-state index contributed by atoms with van der Waals surface area (Å²) in [7, 11) is 0. The lowest BCUT2D eigenvalue weighted by atomic mass is 9.83. The molecule has 0 aliphatic carbocycles. The van der Waals surface area contributed by atoms with Gasteiger partial charge in [0.05, 0.1) is 18.2 Å². The van der Waals surface area contributed by atoms with Crippen molar-refractivity contribution in [3.63, 3.8) is 0 Å². The number of Topliss-reactive ketones (excluding diaryl/α,β-unsaturated/α-hetero) is 1. The van der Waals surface area contributed by atoms with Gasteiger partial charge >= 0.3 is 18.2 Å². The summed E-state index contributed by atoms with van der Waals surface area (Å²) < 4.78 is 42.9. The van der Waals surface area contributed by atoms with Crippen molar-refractivity contribution < 1.29 is 37.4 Å². The molecule has 2 atom stereocenters. The molecule has 2 rings (SSSR count). The molecule has 1 amide bonds. The van der Waals surface area contributed by atoms with Gasteiger partial charge in [0.1, 0.15) is 12.2 Å². The number of carbonyl (C=O) groups excluding carboxylic acids is 2. The van der Waals surface area contributed by atoms with Crippen LogP contribution in [0.15, 0.2) is 24.3 Å². The SMILES string of the molecule is CCOC(=O)CC(=O)[C@@H]1CCN(C(=O)O)[C@@H](c2ccc(C(F)(F)F)cc2)C1. The van der Waals surface area contributed by atoms with Crippen molar-refractivity contribution in [3.05, 3.63) is 35.4 Å². The van der Waals surface area contributed by atoms with Crippen molar-refractivity contribution in [3.8, 4) is 0 Å². The molecular weight excluding hydrogens is 367 g/mol. The predicted molar refractivity (Wildman–Crippen MR) is 87.9 cm³/mol. The highest BCUT2D eigenvalue weighted by Gasteiger charge is 2.37. The highest BCUT2D eigenvalue weighted by molar-refractivity contribution is 5.96. The van der Waals surface area contributed by atoms with E-state index in [1.165, 1.54) is 12.1 Å². The maximum atomic E-state index is 12.7. The Morgan fingerprint density at radius 1 is 1.22 bits per heavy atom. The number of carbonyl (C=O) groups is 3. The molecule has 1 aliphatic rings. The van der Waals surface area contributed by atoms with E-state index in [2.05, 4.69) is 0 Å². The van der Waals surface area contributed by atoms with Crippen molar-refractivity contribution >= 4 is 17.8 Å². The molecule has 1 heterocycles. The molecule has 0 saturated carbocycles. The molecule has 0 unspecified atom stereocenters. The number of halogens is 3. The van der Waals surface area contributed by atoms with E-state index in [0.29, 0.717) is 5.56 Å². The average molecular weight is 387 g/mol. The summed E-state index contributed by atoms with van der Waals surface area (Å²) in [4.78, 5) is 36.4. The van der Waals surface area contributed by atoms with Crippen molar-refractivity contribution in [2.24, 2.45) is 5.92 Å². The lowest BCUT2D eigenvalue weighted by molar-refractivity contribution is -0.146. The molecule has 1 N–H and O–H groups in total. The molecule has 148 valence electrons. The summed E-state index contributed by atoms with van der Waals surface area (Å²) in [5.74, 6) is -1.55. The number of carboxylic acid groups (broad SMARTS) is 1. The average Bonchev–Trinajstić information content (AvgIpc) is 2.60. The number of alkyl halides is 3. The van der Waals surface area contributed by atoms with Crippen LogP contribution in [0.4, 0.5) is 18.0 Å². The molecular formula is C18H20F3NO5. The summed E-state index contributed by atoms with van der Waals surface area (Å²) in [6.07, 6.45) is -5.74. The lowest BCUT2D eigenvalue weighted by Gasteiger charge is -2.37. The van der Waals surface area contributed by atoms with E-state index < -0.39 is 42.2 Å². The Labute approximate surface area is 153 Å². The quantitative estimate of drug-likeness (QED) is 0.616. The first-order valence-corrected chi connectivity index (χ1v) is 8.48. The maximum absolute atomic E-state index is 12.7. The summed E-state index contributed by atoms with van der Waals surface area (Å²) in [5, 5.41) is 9.38. The van der Waals surface area contributed by atoms with Gasteiger partial charge < -0.3 is 14.7 Å². The van der Waals surface area contributed by atoms with Gasteiger partial charge in [-0.2, -0.15) is 13.2 Å². The number of hydrogen-bond acceptors (Lipinski definition) is 4. The molecule has 1 saturated heterocycles. The molecule has 0 aromatic heterocycles. The molecule has 0 spiro atoms. The van der Waals surface area contributed by atoms with Crippen LogP contribution in [0.2, 0.25) is 0 Å². The minimum absolute atomic E-state index is 0.0558. The number of likely N-dealkylation sites (tertiary alicyclic amines) is 1. The smallest absolute Gasteiger partial charge is 0.416 e. The molecule has 0 bridgehead atoms. The second-order valence-electron chi connectivity index (χ2n) is 6.28. The molecule has 1 aliphatic heterocycles. The van der Waals surface area contributed by atoms with Gasteiger partial charge in [-0.3, -0.25) is 9.59 Å². The van der Waals surface area contributed by atoms with Crippen LogP contribution >= 0.6 is 0 Å². The minimum Gasteiger partial charge on any atom is -0.466 e. The molecule has 1 fully saturated rings. The Balaban J connectivity index is 2.18. The van der Waals surface area contributed by atoms with Crippen LogP contribution in [0.3, 0.4) is 0 Å². The minimum atomic E-state index is -4.49. The Morgan fingerprint density at radius 2 is 1.85 bits per heavy atom. The lowest BCUT2D eigenvalue weighted by Crippen LogP contribution is -2.42. The first kappa shape index (κ1) is 20.7. The third-order valence-corrected chi connectivity index (χ3v) is 4.55. The van der Waals surface area contributed by atoms with Crippen LogP contribution in [-0.2, 0) is 20.5 Å². The summed E-state index contributed by atoms with van der Waals surface area (Å²) in [6, 6.07) is 3.47. The third-order valence-electron chi connectivity index (χ3n) is 4.55. The fourth-order valence-electron chi connectivity index (χ4n) is 3.20. The first-order chi connectivity index (χ1) is 12.6. The van der Waals surface area contributed by atoms with Gasteiger partial charge in [-0.05, 0) is 37.5 Å². The monoisotopic (exact) mass is 387 g/mol. The van der Waals surface area contributed by atoms with Crippen LogP contribution < -0.4 is 0 Å². The number of hydrogen-bond donors (Lipinski definition) is 1. The van der Waals surface area contributed by atoms with Crippen LogP contribution in [0.25, 0.3) is 0 Å². The maximum Gasteiger partial charge on any atom is 0.416 e. The van der Waals surface area contributed by atoms with E-state index in [1.54, 1.807) is 6.92 Å². The zero-order chi connectivity index (χ0) is 20.2. The second-order valence-corrected chi connectivity index (χ2v) is 6.28. The summed E-state index contributed by atoms with van der Waals surface area (Å²) in [6.45, 7) is 1.83. The van der Waals surface area contributed by atoms with Crippen LogP contribution in [0, 0.1) is 5.92 Å². The standard InChI is InChI=1S/C18H20F3NO5/c1-2-27-16(24)10-15(23)12-7-8-22(17(25)26)14(9-12)11-3-5-13(6-4-11)18(19,20)21/h3-6,12,14H,2,7-10H2,1H3,(H,25,26)/t12-,14-/m1/s1. The third kappa shape index (κ3) is 5.21. The molecule has 0 radical (unpaired) electrons. The number of esters is 1. The zero-order valence-electron chi connectivity index (χ0n) is 14.7. The number of ketones is 1. The normalized spacial score (nSPS) is 20.2. The fraction of sp³-hybridized carbons (Fsp3) is 0.500. The topological polar surface area (TPSA) is 83.9 Å². The van der Waals surface area contributed by atoms with Gasteiger partial charge in [0.2, 0.25) is 0 Å². The zero-order valence-corrected chi connectivity index (χ0v) is 14.7. The molecule has 1 aromatic carbocycles. The van der Waals surface area contributed by atoms with Gasteiger partial charge in [0.15, 0.2) is 0 Å². The number of nitrogens with zero attached hydrogens (tertiary/aromatic N) is 1. The van der Waals surface area contributed by atoms with E-state index in [-0.39, 0.29) is 31.8 Å². The van der Waals surface area contributed by atoms with Gasteiger partial charge in [0.25, 0.3) is 0 Å². The van der Waals surface area contributed by atoms with Gasteiger partial charge in [-0.1, -0.05) is 12.1 Å². The van der Waals surface area contributed by atoms with E-state index in [0.717, 1.165) is 17.0 Å². The largest absolute Gasteiger partial charge is 0.466 e. The molecule has 9 heteroatoms. The highest BCUT2D eigenvalue weighted by atomic mass is 19.4. The summed E-state index contributed by atoms with van der Waals surface area (Å²) >= 11 is 0. The van der Waals surface area contributed by atoms with Gasteiger partial charge in [-0.15, -0.1) is 0 Å². The Bertz CT molecular complexity index is 702. The van der Waals surface area contributed by atoms with Crippen molar-refractivity contribution in [2.45, 2.75) is 38.4 Å². The molecule has 6 nitrogen and oxygen atoms in total. The number of rotatable bonds is 5. The summed E-state index contributed by atoms with van der Waals surface area (Å²) in [5.41, 5.74) is -0.460. The first-order valence-electron chi connectivity index (χ1n) is 8.48. The van der Waals surface area contributed by atoms with Crippen molar-refractivity contribution in [1.82, 2.24) is 4.90 Å². The number of ether oxygens (including phenoxy) is 1. The van der Waals surface area contributed by atoms with Gasteiger partial charge in [0, 0.05) is 12.5 Å². The van der Waals surface area contributed by atoms with E-state index >= 15 is 0 Å². The number of benzene rings is 1. The Kier molecular flexibility index (Phi) is 6.45. The number of piperidine rings is 1. The van der Waals surface area contributed by atoms with Crippen LogP contribution in [0.1, 0.15) is 43.4 Å². The van der Waals surface area contributed by atoms with Crippen molar-refractivity contribution in [1.29, 1.82) is 0 Å². The Hall–Kier alpha value is -2.58. The van der Waals surface area contributed by atoms with Crippen LogP contribution in [-0.4, -0.2) is 41.0 Å². The Morgan fingerprint density at radius 3 is 2.37 bits per heavy atom. The highest BCUT2D eigenvalue weighted by Crippen LogP contribution is 2.37. The van der Waals surface area contributed by atoms with E-state index in [1.807, 2.05) is 0 Å². The van der Waals surface area contributed by atoms with Gasteiger partial charge in [-0.25, -0.2) is 4.79 Å². The molecule has 1 aromatic rings. The molecule has 27 heavy (non-hydrogen) atoms. The second kappa shape index (κ2) is 8.41.